The van der Waals surface area contributed by atoms with Crippen molar-refractivity contribution in [3.05, 3.63) is 64.8 Å². The minimum Gasteiger partial charge on any atom is -1.00 e. The summed E-state index contributed by atoms with van der Waals surface area (Å²) in [5.74, 6) is 0.891. The van der Waals surface area contributed by atoms with E-state index in [-0.39, 0.29) is 24.0 Å². The van der Waals surface area contributed by atoms with Crippen LogP contribution >= 0.6 is 11.8 Å². The van der Waals surface area contributed by atoms with Crippen molar-refractivity contribution in [1.29, 1.82) is 0 Å². The molecular formula is C23H25IN2OS. The molecule has 0 fully saturated rings. The van der Waals surface area contributed by atoms with Crippen molar-refractivity contribution in [2.45, 2.75) is 32.2 Å². The fourth-order valence-electron chi connectivity index (χ4n) is 3.68. The summed E-state index contributed by atoms with van der Waals surface area (Å²) in [6.07, 6.45) is 2.31. The van der Waals surface area contributed by atoms with Gasteiger partial charge in [0.25, 0.3) is 0 Å². The number of benzene rings is 2. The molecule has 2 heterocycles. The molecule has 28 heavy (non-hydrogen) atoms. The summed E-state index contributed by atoms with van der Waals surface area (Å²) in [6.45, 7) is 8.43. The zero-order valence-electron chi connectivity index (χ0n) is 16.7. The number of fused-ring (bicyclic) bond motifs is 2. The van der Waals surface area contributed by atoms with Crippen LogP contribution in [0, 0.1) is 6.92 Å². The van der Waals surface area contributed by atoms with Crippen molar-refractivity contribution in [3.8, 4) is 5.75 Å². The van der Waals surface area contributed by atoms with Crippen molar-refractivity contribution in [1.82, 2.24) is 0 Å². The third-order valence-corrected chi connectivity index (χ3v) is 6.16. The Morgan fingerprint density at radius 3 is 2.57 bits per heavy atom. The largest absolute Gasteiger partial charge is 1.00 e. The number of ether oxygens (including phenoxy) is 1. The predicted molar refractivity (Wildman–Crippen MR) is 114 cm³/mol. The lowest BCUT2D eigenvalue weighted by Crippen LogP contribution is -3.00. The van der Waals surface area contributed by atoms with E-state index in [9.17, 15) is 0 Å². The lowest BCUT2D eigenvalue weighted by atomic mass is 10.1. The predicted octanol–water partition coefficient (Wildman–Crippen LogP) is 2.40. The first-order chi connectivity index (χ1) is 13.1. The number of halogens is 1. The molecule has 1 aliphatic rings. The van der Waals surface area contributed by atoms with Gasteiger partial charge in [0.2, 0.25) is 11.2 Å². The number of nitrogens with zero attached hydrogens (tertiary/aromatic N) is 2. The quantitative estimate of drug-likeness (QED) is 0.401. The van der Waals surface area contributed by atoms with Gasteiger partial charge < -0.3 is 33.6 Å². The van der Waals surface area contributed by atoms with Gasteiger partial charge in [-0.1, -0.05) is 17.8 Å². The van der Waals surface area contributed by atoms with Gasteiger partial charge in [0.15, 0.2) is 0 Å². The van der Waals surface area contributed by atoms with Crippen LogP contribution in [-0.2, 0) is 6.54 Å². The molecular weight excluding hydrogens is 479 g/mol. The van der Waals surface area contributed by atoms with Gasteiger partial charge in [0.1, 0.15) is 12.3 Å². The van der Waals surface area contributed by atoms with Crippen LogP contribution in [-0.4, -0.2) is 13.7 Å². The van der Waals surface area contributed by atoms with Crippen LogP contribution in [0.2, 0.25) is 0 Å². The number of anilines is 1. The minimum absolute atomic E-state index is 0. The lowest BCUT2D eigenvalue weighted by Gasteiger charge is -2.17. The number of thioether (sulfide) groups is 1. The number of aryl methyl sites for hydroxylation is 2. The second kappa shape index (κ2) is 8.74. The van der Waals surface area contributed by atoms with Gasteiger partial charge in [-0.2, -0.15) is 4.57 Å². The van der Waals surface area contributed by atoms with Crippen molar-refractivity contribution < 1.29 is 33.3 Å². The monoisotopic (exact) mass is 504 g/mol. The number of methoxy groups -OCH3 is 1. The molecule has 0 aliphatic carbocycles. The Bertz CT molecular complexity index is 1050. The Kier molecular flexibility index (Phi) is 6.55. The average Bonchev–Trinajstić information content (AvgIpc) is 3.03. The maximum atomic E-state index is 5.44. The summed E-state index contributed by atoms with van der Waals surface area (Å²) in [6, 6.07) is 17.4. The van der Waals surface area contributed by atoms with Gasteiger partial charge in [-0.3, -0.25) is 0 Å². The van der Waals surface area contributed by atoms with E-state index in [1.807, 2.05) is 17.8 Å². The van der Waals surface area contributed by atoms with Crippen molar-refractivity contribution in [2.24, 2.45) is 0 Å². The maximum absolute atomic E-state index is 5.44. The zero-order chi connectivity index (χ0) is 19.0. The molecule has 0 unspecified atom stereocenters. The highest BCUT2D eigenvalue weighted by Crippen LogP contribution is 2.46. The highest BCUT2D eigenvalue weighted by Gasteiger charge is 2.25. The van der Waals surface area contributed by atoms with Gasteiger partial charge in [0.05, 0.1) is 23.9 Å². The molecule has 1 aliphatic heterocycles. The lowest BCUT2D eigenvalue weighted by molar-refractivity contribution is -0.669. The van der Waals surface area contributed by atoms with E-state index >= 15 is 0 Å². The van der Waals surface area contributed by atoms with Crippen LogP contribution in [0.1, 0.15) is 25.1 Å². The molecule has 0 N–H and O–H groups in total. The SMILES string of the molecule is CCN1/C(=C/c2ccc3ccc(OC)cc3[n+]2CC)Sc2cc(C)ccc21.[I-]. The second-order valence-electron chi connectivity index (χ2n) is 6.73. The summed E-state index contributed by atoms with van der Waals surface area (Å²) in [7, 11) is 1.72. The minimum atomic E-state index is 0. The molecule has 0 bridgehead atoms. The zero-order valence-corrected chi connectivity index (χ0v) is 19.7. The number of hydrogen-bond acceptors (Lipinski definition) is 3. The van der Waals surface area contributed by atoms with Gasteiger partial charge in [0, 0.05) is 29.0 Å². The summed E-state index contributed by atoms with van der Waals surface area (Å²) in [4.78, 5) is 3.74. The number of hydrogen-bond donors (Lipinski definition) is 0. The van der Waals surface area contributed by atoms with Gasteiger partial charge >= 0.3 is 0 Å². The van der Waals surface area contributed by atoms with E-state index in [0.717, 1.165) is 18.8 Å². The molecule has 0 saturated heterocycles. The highest BCUT2D eigenvalue weighted by molar-refractivity contribution is 8.03. The summed E-state index contributed by atoms with van der Waals surface area (Å²) in [5, 5.41) is 2.51. The molecule has 1 aromatic heterocycles. The second-order valence-corrected chi connectivity index (χ2v) is 7.79. The van der Waals surface area contributed by atoms with E-state index in [1.165, 1.54) is 37.8 Å². The molecule has 146 valence electrons. The van der Waals surface area contributed by atoms with Gasteiger partial charge in [-0.05, 0) is 56.7 Å². The van der Waals surface area contributed by atoms with E-state index in [0.29, 0.717) is 0 Å². The first-order valence-electron chi connectivity index (χ1n) is 9.43. The third-order valence-electron chi connectivity index (χ3n) is 5.06. The maximum Gasteiger partial charge on any atom is 0.216 e. The molecule has 4 rings (SSSR count). The molecule has 3 nitrogen and oxygen atoms in total. The van der Waals surface area contributed by atoms with Crippen LogP contribution in [0.5, 0.6) is 5.75 Å². The van der Waals surface area contributed by atoms with E-state index in [2.05, 4.69) is 78.8 Å². The Morgan fingerprint density at radius 2 is 1.86 bits per heavy atom. The Labute approximate surface area is 188 Å². The van der Waals surface area contributed by atoms with Gasteiger partial charge in [-0.25, -0.2) is 0 Å². The standard InChI is InChI=1S/C23H25N2OS.HI/c1-5-24-18(10-8-17-9-11-19(26-4)15-21(17)24)14-23-25(6-2)20-12-7-16(3)13-22(20)27-23;/h7-15H,5-6H2,1-4H3;1H/q+1;/p-1. The first-order valence-corrected chi connectivity index (χ1v) is 10.2. The third kappa shape index (κ3) is 3.74. The highest BCUT2D eigenvalue weighted by atomic mass is 127. The van der Waals surface area contributed by atoms with Gasteiger partial charge in [-0.15, -0.1) is 0 Å². The van der Waals surface area contributed by atoms with Crippen molar-refractivity contribution in [2.75, 3.05) is 18.6 Å². The molecule has 0 amide bonds. The van der Waals surface area contributed by atoms with Crippen molar-refractivity contribution >= 4 is 34.4 Å². The molecule has 3 aromatic rings. The van der Waals surface area contributed by atoms with E-state index in [4.69, 9.17) is 4.74 Å². The molecule has 5 heteroatoms. The summed E-state index contributed by atoms with van der Waals surface area (Å²) < 4.78 is 7.80. The Hall–Kier alpha value is -1.73. The number of aromatic nitrogens is 1. The molecule has 0 radical (unpaired) electrons. The van der Waals surface area contributed by atoms with Crippen LogP contribution in [0.25, 0.3) is 17.0 Å². The molecule has 0 atom stereocenters. The fraction of sp³-hybridized carbons (Fsp3) is 0.261. The van der Waals surface area contributed by atoms with Crippen LogP contribution < -0.4 is 38.2 Å². The van der Waals surface area contributed by atoms with Crippen LogP contribution in [0.4, 0.5) is 5.69 Å². The molecule has 2 aromatic carbocycles. The Morgan fingerprint density at radius 1 is 1.07 bits per heavy atom. The molecule has 0 spiro atoms. The summed E-state index contributed by atoms with van der Waals surface area (Å²) in [5.41, 5.74) is 5.03. The Balaban J connectivity index is 0.00000225. The number of rotatable bonds is 4. The normalized spacial score (nSPS) is 14.3. The van der Waals surface area contributed by atoms with Crippen LogP contribution in [0.3, 0.4) is 0 Å². The topological polar surface area (TPSA) is 16.4 Å². The number of pyridine rings is 1. The average molecular weight is 504 g/mol. The smallest absolute Gasteiger partial charge is 0.216 e. The van der Waals surface area contributed by atoms with E-state index < -0.39 is 0 Å². The first kappa shape index (κ1) is 21.0. The molecule has 0 saturated carbocycles. The fourth-order valence-corrected chi connectivity index (χ4v) is 4.95. The van der Waals surface area contributed by atoms with Crippen molar-refractivity contribution in [3.63, 3.8) is 0 Å². The summed E-state index contributed by atoms with van der Waals surface area (Å²) >= 11 is 1.86. The van der Waals surface area contributed by atoms with E-state index in [1.54, 1.807) is 7.11 Å². The van der Waals surface area contributed by atoms with Crippen LogP contribution in [0.15, 0.2) is 58.5 Å².